The van der Waals surface area contributed by atoms with Gasteiger partial charge in [-0.2, -0.15) is 0 Å². The molecule has 0 saturated carbocycles. The molecule has 0 bridgehead atoms. The van der Waals surface area contributed by atoms with E-state index < -0.39 is 6.10 Å². The summed E-state index contributed by atoms with van der Waals surface area (Å²) in [5.41, 5.74) is 5.75. The van der Waals surface area contributed by atoms with Gasteiger partial charge in [-0.3, -0.25) is 14.5 Å². The number of nitrogens with two attached hydrogens (primary N) is 1. The van der Waals surface area contributed by atoms with E-state index in [9.17, 15) is 9.59 Å². The van der Waals surface area contributed by atoms with Crippen molar-refractivity contribution in [2.75, 3.05) is 43.4 Å². The second-order valence-corrected chi connectivity index (χ2v) is 6.40. The monoisotopic (exact) mass is 333 g/mol. The average molecular weight is 333 g/mol. The van der Waals surface area contributed by atoms with Gasteiger partial charge in [-0.25, -0.2) is 4.98 Å². The van der Waals surface area contributed by atoms with Crippen LogP contribution < -0.4 is 20.7 Å². The van der Waals surface area contributed by atoms with E-state index in [0.29, 0.717) is 24.7 Å². The highest BCUT2D eigenvalue weighted by molar-refractivity contribution is 6.03. The van der Waals surface area contributed by atoms with Gasteiger partial charge >= 0.3 is 0 Å². The fourth-order valence-corrected chi connectivity index (χ4v) is 2.90. The number of fused-ring (bicyclic) bond motifs is 1. The lowest BCUT2D eigenvalue weighted by Crippen LogP contribution is -2.54. The van der Waals surface area contributed by atoms with Crippen molar-refractivity contribution in [3.8, 4) is 5.75 Å². The van der Waals surface area contributed by atoms with Gasteiger partial charge in [-0.15, -0.1) is 0 Å². The number of hydrogen-bond acceptors (Lipinski definition) is 6. The average Bonchev–Trinajstić information content (AvgIpc) is 2.57. The Morgan fingerprint density at radius 3 is 2.79 bits per heavy atom. The number of nitrogens with zero attached hydrogens (tertiary/aromatic N) is 3. The maximum absolute atomic E-state index is 12.8. The van der Waals surface area contributed by atoms with Crippen molar-refractivity contribution in [2.45, 2.75) is 20.0 Å². The summed E-state index contributed by atoms with van der Waals surface area (Å²) in [6.07, 6.45) is -0.626. The lowest BCUT2D eigenvalue weighted by molar-refractivity contribution is -0.134. The molecule has 8 nitrogen and oxygen atoms in total. The molecule has 1 aromatic rings. The number of pyridine rings is 1. The van der Waals surface area contributed by atoms with Crippen molar-refractivity contribution >= 4 is 23.5 Å². The molecule has 3 heterocycles. The van der Waals surface area contributed by atoms with Gasteiger partial charge in [-0.05, 0) is 18.1 Å². The molecule has 24 heavy (non-hydrogen) atoms. The van der Waals surface area contributed by atoms with Crippen LogP contribution in [0.3, 0.4) is 0 Å². The van der Waals surface area contributed by atoms with Crippen molar-refractivity contribution < 1.29 is 14.3 Å². The van der Waals surface area contributed by atoms with Crippen LogP contribution in [0, 0.1) is 5.92 Å². The molecule has 0 aliphatic carbocycles. The third kappa shape index (κ3) is 3.14. The molecule has 0 spiro atoms. The van der Waals surface area contributed by atoms with E-state index in [4.69, 9.17) is 10.5 Å². The predicted molar refractivity (Wildman–Crippen MR) is 89.7 cm³/mol. The van der Waals surface area contributed by atoms with Gasteiger partial charge < -0.3 is 20.7 Å². The molecule has 1 fully saturated rings. The topological polar surface area (TPSA) is 101 Å². The Morgan fingerprint density at radius 2 is 2.12 bits per heavy atom. The minimum atomic E-state index is -0.626. The van der Waals surface area contributed by atoms with Gasteiger partial charge in [0.15, 0.2) is 17.7 Å². The predicted octanol–water partition coefficient (Wildman–Crippen LogP) is -0.154. The zero-order valence-corrected chi connectivity index (χ0v) is 14.0. The van der Waals surface area contributed by atoms with Crippen LogP contribution in [0.1, 0.15) is 13.8 Å². The fourth-order valence-electron chi connectivity index (χ4n) is 2.90. The van der Waals surface area contributed by atoms with E-state index in [1.54, 1.807) is 17.0 Å². The summed E-state index contributed by atoms with van der Waals surface area (Å²) in [6.45, 7) is 6.58. The second kappa shape index (κ2) is 6.64. The van der Waals surface area contributed by atoms with Gasteiger partial charge in [0.25, 0.3) is 5.91 Å². The highest BCUT2D eigenvalue weighted by Gasteiger charge is 2.38. The van der Waals surface area contributed by atoms with E-state index in [1.807, 2.05) is 13.8 Å². The number of ether oxygens (including phenoxy) is 1. The minimum absolute atomic E-state index is 0.0139. The molecule has 3 rings (SSSR count). The zero-order chi connectivity index (χ0) is 17.3. The molecule has 0 radical (unpaired) electrons. The molecule has 2 aliphatic heterocycles. The van der Waals surface area contributed by atoms with E-state index in [2.05, 4.69) is 10.3 Å². The van der Waals surface area contributed by atoms with Crippen LogP contribution in [0.4, 0.5) is 11.6 Å². The fraction of sp³-hybridized carbons (Fsp3) is 0.562. The maximum atomic E-state index is 12.8. The molecule has 0 aromatic carbocycles. The Hall–Kier alpha value is -2.35. The lowest BCUT2D eigenvalue weighted by Gasteiger charge is -2.36. The number of anilines is 2. The van der Waals surface area contributed by atoms with Gasteiger partial charge in [0.05, 0.1) is 0 Å². The Kier molecular flexibility index (Phi) is 4.57. The summed E-state index contributed by atoms with van der Waals surface area (Å²) in [6, 6.07) is 3.32. The highest BCUT2D eigenvalue weighted by Crippen LogP contribution is 2.34. The molecule has 2 aliphatic rings. The third-order valence-electron chi connectivity index (χ3n) is 4.25. The first-order chi connectivity index (χ1) is 11.5. The van der Waals surface area contributed by atoms with Crippen molar-refractivity contribution in [3.05, 3.63) is 12.1 Å². The first-order valence-electron chi connectivity index (χ1n) is 8.20. The molecule has 130 valence electrons. The molecular formula is C16H23N5O3. The number of hydrogen-bond donors (Lipinski definition) is 2. The third-order valence-corrected chi connectivity index (χ3v) is 4.25. The molecule has 1 unspecified atom stereocenters. The van der Waals surface area contributed by atoms with Crippen molar-refractivity contribution in [2.24, 2.45) is 5.92 Å². The normalized spacial score (nSPS) is 20.8. The molecule has 3 N–H and O–H groups in total. The van der Waals surface area contributed by atoms with Crippen LogP contribution in [-0.4, -0.2) is 60.5 Å². The first-order valence-corrected chi connectivity index (χ1v) is 8.20. The summed E-state index contributed by atoms with van der Waals surface area (Å²) >= 11 is 0. The van der Waals surface area contributed by atoms with Crippen molar-refractivity contribution in [1.29, 1.82) is 0 Å². The van der Waals surface area contributed by atoms with E-state index in [-0.39, 0.29) is 30.1 Å². The van der Waals surface area contributed by atoms with E-state index in [1.165, 1.54) is 4.90 Å². The smallest absolute Gasteiger partial charge is 0.270 e. The van der Waals surface area contributed by atoms with Crippen LogP contribution in [0.25, 0.3) is 0 Å². The van der Waals surface area contributed by atoms with Gasteiger partial charge in [0, 0.05) is 26.2 Å². The summed E-state index contributed by atoms with van der Waals surface area (Å²) in [5, 5.41) is 3.20. The summed E-state index contributed by atoms with van der Waals surface area (Å²) < 4.78 is 5.77. The highest BCUT2D eigenvalue weighted by atomic mass is 16.5. The number of piperazine rings is 1. The van der Waals surface area contributed by atoms with Crippen molar-refractivity contribution in [1.82, 2.24) is 15.2 Å². The zero-order valence-electron chi connectivity index (χ0n) is 14.0. The maximum Gasteiger partial charge on any atom is 0.270 e. The number of rotatable bonds is 3. The number of nitrogen functional groups attached to an aromatic ring is 1. The van der Waals surface area contributed by atoms with Crippen LogP contribution in [-0.2, 0) is 9.59 Å². The number of nitrogens with one attached hydrogen (secondary N) is 1. The van der Waals surface area contributed by atoms with Gasteiger partial charge in [0.2, 0.25) is 5.91 Å². The molecule has 8 heteroatoms. The summed E-state index contributed by atoms with van der Waals surface area (Å²) in [7, 11) is 0. The quantitative estimate of drug-likeness (QED) is 0.797. The largest absolute Gasteiger partial charge is 0.476 e. The first kappa shape index (κ1) is 16.5. The SMILES string of the molecule is CC(C)C1Oc2ccc(N)nc2N(CC(=O)N2CCNCC2)C1=O. The molecule has 2 amide bonds. The van der Waals surface area contributed by atoms with Crippen LogP contribution in [0.15, 0.2) is 12.1 Å². The van der Waals surface area contributed by atoms with Crippen LogP contribution >= 0.6 is 0 Å². The number of amides is 2. The number of aromatic nitrogens is 1. The number of carbonyl (C=O) groups excluding carboxylic acids is 2. The Morgan fingerprint density at radius 1 is 1.42 bits per heavy atom. The Bertz CT molecular complexity index is 643. The molecular weight excluding hydrogens is 310 g/mol. The van der Waals surface area contributed by atoms with Gasteiger partial charge in [0.1, 0.15) is 12.4 Å². The number of carbonyl (C=O) groups is 2. The van der Waals surface area contributed by atoms with E-state index >= 15 is 0 Å². The lowest BCUT2D eigenvalue weighted by atomic mass is 10.0. The van der Waals surface area contributed by atoms with Crippen LogP contribution in [0.2, 0.25) is 0 Å². The molecule has 1 atom stereocenters. The summed E-state index contributed by atoms with van der Waals surface area (Å²) in [4.78, 5) is 32.8. The standard InChI is InChI=1S/C16H23N5O3/c1-10(2)14-16(23)21(9-13(22)20-7-5-18-6-8-20)15-11(24-14)3-4-12(17)19-15/h3-4,10,14,18H,5-9H2,1-2H3,(H2,17,19). The Labute approximate surface area is 140 Å². The Balaban J connectivity index is 1.87. The molecule has 1 aromatic heterocycles. The van der Waals surface area contributed by atoms with E-state index in [0.717, 1.165) is 13.1 Å². The van der Waals surface area contributed by atoms with Gasteiger partial charge in [-0.1, -0.05) is 13.8 Å². The van der Waals surface area contributed by atoms with Crippen LogP contribution in [0.5, 0.6) is 5.75 Å². The minimum Gasteiger partial charge on any atom is -0.476 e. The molecule has 1 saturated heterocycles. The van der Waals surface area contributed by atoms with Crippen molar-refractivity contribution in [3.63, 3.8) is 0 Å². The second-order valence-electron chi connectivity index (χ2n) is 6.40. The summed E-state index contributed by atoms with van der Waals surface area (Å²) in [5.74, 6) is 0.729.